The van der Waals surface area contributed by atoms with Crippen molar-refractivity contribution >= 4 is 52.1 Å². The molecule has 4 aromatic rings. The molecule has 0 aliphatic rings. The average Bonchev–Trinajstić information content (AvgIpc) is 3.33. The maximum Gasteiger partial charge on any atom is 0.306 e. The Kier molecular flexibility index (Phi) is 29.9. The zero-order chi connectivity index (χ0) is 50.1. The molecule has 4 aromatic carbocycles. The minimum Gasteiger partial charge on any atom is -0.756 e. The summed E-state index contributed by atoms with van der Waals surface area (Å²) in [6.45, 7) is 1.94. The fraction of sp³-hybridized carbons (Fsp3) is 0.700. The Labute approximate surface area is 425 Å². The number of hydrogen-bond donors (Lipinski definition) is 0. The van der Waals surface area contributed by atoms with Gasteiger partial charge in [-0.2, -0.15) is 0 Å². The second-order valence-electron chi connectivity index (χ2n) is 21.5. The molecule has 394 valence electrons. The molecule has 0 aliphatic carbocycles. The van der Waals surface area contributed by atoms with Gasteiger partial charge in [-0.3, -0.25) is 14.2 Å². The van der Waals surface area contributed by atoms with Gasteiger partial charge in [-0.05, 0) is 63.6 Å². The summed E-state index contributed by atoms with van der Waals surface area (Å²) in [5.41, 5.74) is 1.30. The number of unbranched alkanes of at least 4 members (excludes halogenated alkanes) is 28. The van der Waals surface area contributed by atoms with Gasteiger partial charge in [0.25, 0.3) is 7.82 Å². The third-order valence-corrected chi connectivity index (χ3v) is 15.1. The van der Waals surface area contributed by atoms with E-state index in [1.807, 2.05) is 21.1 Å². The van der Waals surface area contributed by atoms with Crippen LogP contribution < -0.4 is 4.89 Å². The van der Waals surface area contributed by atoms with Gasteiger partial charge in [0, 0.05) is 12.8 Å². The van der Waals surface area contributed by atoms with Crippen LogP contribution in [0.15, 0.2) is 54.6 Å². The lowest BCUT2D eigenvalue weighted by atomic mass is 9.90. The summed E-state index contributed by atoms with van der Waals surface area (Å²) in [5.74, 6) is -0.874. The summed E-state index contributed by atoms with van der Waals surface area (Å²) in [5, 5.41) is 7.63. The molecule has 10 heteroatoms. The molecule has 9 nitrogen and oxygen atoms in total. The fourth-order valence-corrected chi connectivity index (χ4v) is 10.5. The minimum absolute atomic E-state index is 0.0437. The van der Waals surface area contributed by atoms with Crippen molar-refractivity contribution in [2.75, 3.05) is 47.5 Å². The number of nitrogens with zero attached hydrogens (tertiary/aromatic N) is 1. The normalized spacial score (nSPS) is 13.4. The number of aryl methyl sites for hydroxylation is 1. The average molecular weight is 990 g/mol. The fourth-order valence-electron chi connectivity index (χ4n) is 9.79. The predicted molar refractivity (Wildman–Crippen MR) is 291 cm³/mol. The van der Waals surface area contributed by atoms with Crippen LogP contribution in [0.1, 0.15) is 218 Å². The molecule has 0 heterocycles. The van der Waals surface area contributed by atoms with E-state index in [1.165, 1.54) is 192 Å². The van der Waals surface area contributed by atoms with Crippen LogP contribution in [0, 0.1) is 0 Å². The largest absolute Gasteiger partial charge is 0.756 e. The molecule has 0 N–H and O–H groups in total. The summed E-state index contributed by atoms with van der Waals surface area (Å²) < 4.78 is 34.4. The van der Waals surface area contributed by atoms with Crippen LogP contribution in [0.5, 0.6) is 0 Å². The first-order valence-electron chi connectivity index (χ1n) is 28.4. The summed E-state index contributed by atoms with van der Waals surface area (Å²) in [7, 11) is 1.13. The van der Waals surface area contributed by atoms with Crippen molar-refractivity contribution < 1.29 is 42.1 Å². The Morgan fingerprint density at radius 2 is 0.943 bits per heavy atom. The van der Waals surface area contributed by atoms with E-state index >= 15 is 0 Å². The number of phosphoric ester groups is 1. The third-order valence-electron chi connectivity index (χ3n) is 14.1. The van der Waals surface area contributed by atoms with Gasteiger partial charge in [0.1, 0.15) is 19.8 Å². The van der Waals surface area contributed by atoms with Crippen LogP contribution in [-0.2, 0) is 39.1 Å². The number of quaternary nitrogens is 1. The van der Waals surface area contributed by atoms with Crippen molar-refractivity contribution in [3.8, 4) is 0 Å². The summed E-state index contributed by atoms with van der Waals surface area (Å²) in [6.07, 6.45) is 38.7. The molecule has 0 spiro atoms. The predicted octanol–water partition coefficient (Wildman–Crippen LogP) is 16.3. The molecule has 4 rings (SSSR count). The van der Waals surface area contributed by atoms with Crippen LogP contribution in [0.25, 0.3) is 32.3 Å². The highest BCUT2D eigenvalue weighted by Gasteiger charge is 2.22. The highest BCUT2D eigenvalue weighted by Crippen LogP contribution is 2.39. The van der Waals surface area contributed by atoms with Crippen molar-refractivity contribution in [3.05, 3.63) is 60.2 Å². The van der Waals surface area contributed by atoms with Gasteiger partial charge in [-0.1, -0.05) is 235 Å². The Hall–Kier alpha value is -3.07. The SMILES string of the molecule is CCCCCCCCCCCCCCCCCCCCCCCCCCCCCC(=O)OCC(COP(=O)([O-])OCC[N+](C)(C)C)OC(=O)CCCCCc1ccc2ccc3cccc4ccc1c2c34. The first-order chi connectivity index (χ1) is 34.0. The van der Waals surface area contributed by atoms with Crippen LogP contribution in [-0.4, -0.2) is 70.0 Å². The molecule has 0 radical (unpaired) electrons. The molecule has 0 aliphatic heterocycles. The smallest absolute Gasteiger partial charge is 0.306 e. The Bertz CT molecular complexity index is 2030. The van der Waals surface area contributed by atoms with E-state index in [0.29, 0.717) is 17.4 Å². The molecule has 0 amide bonds. The van der Waals surface area contributed by atoms with Gasteiger partial charge < -0.3 is 27.9 Å². The van der Waals surface area contributed by atoms with Gasteiger partial charge in [0.05, 0.1) is 27.7 Å². The summed E-state index contributed by atoms with van der Waals surface area (Å²) in [4.78, 5) is 38.3. The lowest BCUT2D eigenvalue weighted by Crippen LogP contribution is -2.37. The molecule has 0 saturated carbocycles. The first-order valence-corrected chi connectivity index (χ1v) is 29.8. The molecule has 2 unspecified atom stereocenters. The van der Waals surface area contributed by atoms with Crippen LogP contribution in [0.3, 0.4) is 0 Å². The maximum absolute atomic E-state index is 13.0. The topological polar surface area (TPSA) is 111 Å². The number of carbonyl (C=O) groups is 2. The minimum atomic E-state index is -4.67. The van der Waals surface area contributed by atoms with E-state index in [2.05, 4.69) is 61.5 Å². The highest BCUT2D eigenvalue weighted by molar-refractivity contribution is 7.45. The standard InChI is InChI=1S/C60H96NO8P/c1-5-6-7-8-9-10-11-12-13-14-15-16-17-18-19-20-21-22-23-24-25-26-27-28-29-30-33-39-57(62)66-49-55(50-68-70(64,65)67-48-47-61(2,3)4)69-58(63)40-34-31-32-36-51-41-42-54-44-43-52-37-35-38-53-45-46-56(51)60(54)59(52)53/h35,37-38,41-46,55H,5-34,36,39-40,47-50H2,1-4H3. The Morgan fingerprint density at radius 1 is 0.514 bits per heavy atom. The summed E-state index contributed by atoms with van der Waals surface area (Å²) >= 11 is 0. The van der Waals surface area contributed by atoms with E-state index in [9.17, 15) is 19.0 Å². The van der Waals surface area contributed by atoms with E-state index in [0.717, 1.165) is 38.5 Å². The van der Waals surface area contributed by atoms with Gasteiger partial charge in [-0.25, -0.2) is 0 Å². The molecule has 0 saturated heterocycles. The van der Waals surface area contributed by atoms with Crippen LogP contribution >= 0.6 is 7.82 Å². The van der Waals surface area contributed by atoms with Crippen molar-refractivity contribution in [1.29, 1.82) is 0 Å². The van der Waals surface area contributed by atoms with E-state index in [-0.39, 0.29) is 26.1 Å². The number of likely N-dealkylation sites (N-methyl/N-ethyl adjacent to an activating group) is 1. The van der Waals surface area contributed by atoms with Crippen molar-refractivity contribution in [1.82, 2.24) is 0 Å². The number of carbonyl (C=O) groups excluding carboxylic acids is 2. The second kappa shape index (κ2) is 35.1. The van der Waals surface area contributed by atoms with Crippen LogP contribution in [0.2, 0.25) is 0 Å². The Morgan fingerprint density at radius 3 is 1.44 bits per heavy atom. The Balaban J connectivity index is 1.01. The molecule has 2 atom stereocenters. The molecule has 0 fully saturated rings. The van der Waals surface area contributed by atoms with E-state index in [1.54, 1.807) is 0 Å². The molecular weight excluding hydrogens is 894 g/mol. The van der Waals surface area contributed by atoms with Gasteiger partial charge in [0.2, 0.25) is 0 Å². The van der Waals surface area contributed by atoms with Gasteiger partial charge in [-0.15, -0.1) is 0 Å². The van der Waals surface area contributed by atoms with E-state index < -0.39 is 32.5 Å². The monoisotopic (exact) mass is 990 g/mol. The van der Waals surface area contributed by atoms with Crippen LogP contribution in [0.4, 0.5) is 0 Å². The van der Waals surface area contributed by atoms with Crippen molar-refractivity contribution in [2.24, 2.45) is 0 Å². The number of ether oxygens (including phenoxy) is 2. The maximum atomic E-state index is 13.0. The zero-order valence-corrected chi connectivity index (χ0v) is 45.5. The zero-order valence-electron chi connectivity index (χ0n) is 44.6. The number of benzene rings is 4. The quantitative estimate of drug-likeness (QED) is 0.0142. The third kappa shape index (κ3) is 25.5. The number of hydrogen-bond acceptors (Lipinski definition) is 8. The number of phosphoric acid groups is 1. The second-order valence-corrected chi connectivity index (χ2v) is 22.9. The lowest BCUT2D eigenvalue weighted by Gasteiger charge is -2.28. The van der Waals surface area contributed by atoms with Gasteiger partial charge in [0.15, 0.2) is 6.10 Å². The number of rotatable bonds is 44. The van der Waals surface area contributed by atoms with E-state index in [4.69, 9.17) is 18.5 Å². The summed E-state index contributed by atoms with van der Waals surface area (Å²) in [6, 6.07) is 19.7. The molecule has 0 aromatic heterocycles. The first kappa shape index (κ1) is 59.5. The lowest BCUT2D eigenvalue weighted by molar-refractivity contribution is -0.870. The number of esters is 2. The molecule has 0 bridgehead atoms. The molecular formula is C60H96NO8P. The van der Waals surface area contributed by atoms with Crippen molar-refractivity contribution in [2.45, 2.75) is 225 Å². The van der Waals surface area contributed by atoms with Gasteiger partial charge >= 0.3 is 11.9 Å². The molecule has 70 heavy (non-hydrogen) atoms. The van der Waals surface area contributed by atoms with Crippen molar-refractivity contribution in [3.63, 3.8) is 0 Å². The highest BCUT2D eigenvalue weighted by atomic mass is 31.2.